The normalized spacial score (nSPS) is 21.2. The average molecular weight is 313 g/mol. The summed E-state index contributed by atoms with van der Waals surface area (Å²) in [6.45, 7) is 6.06. The molecular formula is C17H23N5O. The van der Waals surface area contributed by atoms with Crippen molar-refractivity contribution in [2.75, 3.05) is 24.5 Å². The van der Waals surface area contributed by atoms with Gasteiger partial charge in [0.1, 0.15) is 0 Å². The number of aromatic nitrogens is 3. The number of likely N-dealkylation sites (tertiary alicyclic amines) is 1. The minimum atomic E-state index is 0.311. The van der Waals surface area contributed by atoms with Crippen LogP contribution in [0.25, 0.3) is 0 Å². The Morgan fingerprint density at radius 3 is 2.61 bits per heavy atom. The van der Waals surface area contributed by atoms with Crippen molar-refractivity contribution < 1.29 is 4.52 Å². The number of anilines is 1. The van der Waals surface area contributed by atoms with E-state index in [-0.39, 0.29) is 0 Å². The van der Waals surface area contributed by atoms with Crippen LogP contribution in [0.4, 0.5) is 5.95 Å². The molecule has 2 saturated heterocycles. The molecule has 4 heterocycles. The Morgan fingerprint density at radius 2 is 1.91 bits per heavy atom. The number of hydrogen-bond donors (Lipinski definition) is 0. The van der Waals surface area contributed by atoms with E-state index in [1.165, 1.54) is 25.7 Å². The maximum Gasteiger partial charge on any atom is 0.225 e. The van der Waals surface area contributed by atoms with Crippen molar-refractivity contribution in [3.05, 3.63) is 36.0 Å². The number of hydrogen-bond acceptors (Lipinski definition) is 6. The van der Waals surface area contributed by atoms with E-state index in [0.717, 1.165) is 43.6 Å². The Morgan fingerprint density at radius 1 is 1.13 bits per heavy atom. The van der Waals surface area contributed by atoms with E-state index in [2.05, 4.69) is 31.0 Å². The molecule has 23 heavy (non-hydrogen) atoms. The minimum Gasteiger partial charge on any atom is -0.360 e. The van der Waals surface area contributed by atoms with E-state index >= 15 is 0 Å². The molecular weight excluding hydrogens is 290 g/mol. The van der Waals surface area contributed by atoms with Gasteiger partial charge >= 0.3 is 0 Å². The number of nitrogens with zero attached hydrogens (tertiary/aromatic N) is 5. The van der Waals surface area contributed by atoms with Crippen molar-refractivity contribution in [2.24, 2.45) is 0 Å². The summed E-state index contributed by atoms with van der Waals surface area (Å²) >= 11 is 0. The van der Waals surface area contributed by atoms with Crippen LogP contribution >= 0.6 is 0 Å². The van der Waals surface area contributed by atoms with Crippen LogP contribution in [0, 0.1) is 6.92 Å². The third-order valence-electron chi connectivity index (χ3n) is 5.29. The molecule has 0 N–H and O–H groups in total. The van der Waals surface area contributed by atoms with Gasteiger partial charge in [-0.05, 0) is 45.2 Å². The first-order chi connectivity index (χ1) is 11.3. The van der Waals surface area contributed by atoms with Crippen LogP contribution in [0.15, 0.2) is 29.0 Å². The first kappa shape index (κ1) is 14.6. The Hall–Kier alpha value is -1.95. The summed E-state index contributed by atoms with van der Waals surface area (Å²) < 4.78 is 5.43. The fraction of sp³-hybridized carbons (Fsp3) is 0.588. The quantitative estimate of drug-likeness (QED) is 0.867. The van der Waals surface area contributed by atoms with Gasteiger partial charge in [0.05, 0.1) is 12.2 Å². The van der Waals surface area contributed by atoms with Crippen molar-refractivity contribution in [3.63, 3.8) is 0 Å². The molecule has 0 aliphatic carbocycles. The highest BCUT2D eigenvalue weighted by Crippen LogP contribution is 2.39. The maximum absolute atomic E-state index is 5.43. The molecule has 0 amide bonds. The van der Waals surface area contributed by atoms with Crippen molar-refractivity contribution >= 4 is 5.95 Å². The summed E-state index contributed by atoms with van der Waals surface area (Å²) in [4.78, 5) is 13.7. The van der Waals surface area contributed by atoms with Crippen LogP contribution in [0.3, 0.4) is 0 Å². The molecule has 2 aromatic heterocycles. The van der Waals surface area contributed by atoms with Crippen molar-refractivity contribution in [1.29, 1.82) is 0 Å². The number of rotatable bonds is 3. The molecule has 122 valence electrons. The van der Waals surface area contributed by atoms with E-state index in [9.17, 15) is 0 Å². The molecule has 0 bridgehead atoms. The van der Waals surface area contributed by atoms with E-state index < -0.39 is 0 Å². The van der Waals surface area contributed by atoms with Crippen molar-refractivity contribution in [3.8, 4) is 0 Å². The van der Waals surface area contributed by atoms with Crippen LogP contribution in [0.1, 0.15) is 37.1 Å². The number of piperidine rings is 1. The monoisotopic (exact) mass is 313 g/mol. The lowest BCUT2D eigenvalue weighted by Gasteiger charge is -2.44. The smallest absolute Gasteiger partial charge is 0.225 e. The summed E-state index contributed by atoms with van der Waals surface area (Å²) in [5.74, 6) is 1.84. The molecule has 6 heteroatoms. The average Bonchev–Trinajstić information content (AvgIpc) is 3.17. The summed E-state index contributed by atoms with van der Waals surface area (Å²) in [6.07, 6.45) is 8.52. The van der Waals surface area contributed by atoms with Gasteiger partial charge in [0.2, 0.25) is 5.95 Å². The van der Waals surface area contributed by atoms with Gasteiger partial charge in [0.25, 0.3) is 0 Å². The largest absolute Gasteiger partial charge is 0.360 e. The first-order valence-electron chi connectivity index (χ1n) is 8.44. The fourth-order valence-electron chi connectivity index (χ4n) is 4.06. The van der Waals surface area contributed by atoms with Gasteiger partial charge in [0.15, 0.2) is 5.76 Å². The summed E-state index contributed by atoms with van der Waals surface area (Å²) in [5, 5.41) is 4.02. The fourth-order valence-corrected chi connectivity index (χ4v) is 4.06. The van der Waals surface area contributed by atoms with Gasteiger partial charge in [-0.3, -0.25) is 4.90 Å². The second-order valence-corrected chi connectivity index (χ2v) is 6.72. The lowest BCUT2D eigenvalue weighted by atomic mass is 9.85. The molecule has 0 radical (unpaired) electrons. The van der Waals surface area contributed by atoms with Crippen LogP contribution in [0.2, 0.25) is 0 Å². The third kappa shape index (κ3) is 2.83. The maximum atomic E-state index is 5.43. The van der Waals surface area contributed by atoms with E-state index in [0.29, 0.717) is 5.54 Å². The first-order valence-corrected chi connectivity index (χ1v) is 8.44. The zero-order chi connectivity index (χ0) is 15.7. The van der Waals surface area contributed by atoms with Crippen molar-refractivity contribution in [2.45, 2.75) is 44.7 Å². The van der Waals surface area contributed by atoms with Gasteiger partial charge in [0, 0.05) is 37.1 Å². The highest BCUT2D eigenvalue weighted by Gasteiger charge is 2.43. The Bertz CT molecular complexity index is 648. The van der Waals surface area contributed by atoms with E-state index in [1.54, 1.807) is 0 Å². The summed E-state index contributed by atoms with van der Waals surface area (Å²) in [7, 11) is 0. The van der Waals surface area contributed by atoms with Gasteiger partial charge in [-0.15, -0.1) is 0 Å². The lowest BCUT2D eigenvalue weighted by Crippen LogP contribution is -2.52. The molecule has 2 aliphatic rings. The number of aryl methyl sites for hydroxylation is 1. The summed E-state index contributed by atoms with van der Waals surface area (Å²) in [6, 6.07) is 3.92. The second-order valence-electron chi connectivity index (χ2n) is 6.72. The molecule has 2 aliphatic heterocycles. The molecule has 4 rings (SSSR count). The standard InChI is InChI=1S/C17H23N5O/c1-14-12-15(23-20-14)13-22-9-2-4-17(22)5-10-21(11-6-17)16-18-7-3-8-19-16/h3,7-8,12H,2,4-6,9-11,13H2,1H3. The SMILES string of the molecule is Cc1cc(CN2CCCC23CCN(c2ncccn2)CC3)on1. The molecule has 2 aromatic rings. The molecule has 2 fully saturated rings. The van der Waals surface area contributed by atoms with Crippen LogP contribution < -0.4 is 4.90 Å². The molecule has 0 unspecified atom stereocenters. The lowest BCUT2D eigenvalue weighted by molar-refractivity contribution is 0.0895. The predicted octanol–water partition coefficient (Wildman–Crippen LogP) is 2.41. The zero-order valence-electron chi connectivity index (χ0n) is 13.6. The van der Waals surface area contributed by atoms with Gasteiger partial charge in [-0.1, -0.05) is 5.16 Å². The summed E-state index contributed by atoms with van der Waals surface area (Å²) in [5.41, 5.74) is 1.27. The van der Waals surface area contributed by atoms with Crippen LogP contribution in [0.5, 0.6) is 0 Å². The Labute approximate surface area is 136 Å². The van der Waals surface area contributed by atoms with Gasteiger partial charge < -0.3 is 9.42 Å². The van der Waals surface area contributed by atoms with Crippen LogP contribution in [-0.2, 0) is 6.54 Å². The van der Waals surface area contributed by atoms with Crippen molar-refractivity contribution in [1.82, 2.24) is 20.0 Å². The molecule has 0 aromatic carbocycles. The predicted molar refractivity (Wildman–Crippen MR) is 87.1 cm³/mol. The Balaban J connectivity index is 1.44. The highest BCUT2D eigenvalue weighted by molar-refractivity contribution is 5.30. The minimum absolute atomic E-state index is 0.311. The van der Waals surface area contributed by atoms with E-state index in [4.69, 9.17) is 4.52 Å². The molecule has 0 atom stereocenters. The molecule has 1 spiro atoms. The molecule has 6 nitrogen and oxygen atoms in total. The van der Waals surface area contributed by atoms with E-state index in [1.807, 2.05) is 25.4 Å². The molecule has 0 saturated carbocycles. The third-order valence-corrected chi connectivity index (χ3v) is 5.29. The highest BCUT2D eigenvalue weighted by atomic mass is 16.5. The second kappa shape index (κ2) is 5.92. The topological polar surface area (TPSA) is 58.3 Å². The zero-order valence-corrected chi connectivity index (χ0v) is 13.6. The Kier molecular flexibility index (Phi) is 3.77. The van der Waals surface area contributed by atoms with Crippen LogP contribution in [-0.4, -0.2) is 45.2 Å². The van der Waals surface area contributed by atoms with Gasteiger partial charge in [-0.25, -0.2) is 9.97 Å². The van der Waals surface area contributed by atoms with Gasteiger partial charge in [-0.2, -0.15) is 0 Å².